The quantitative estimate of drug-likeness (QED) is 0.540. The average Bonchev–Trinajstić information content (AvgIpc) is 3.14. The molecule has 0 bridgehead atoms. The summed E-state index contributed by atoms with van der Waals surface area (Å²) in [5, 5.41) is 5.32. The molecule has 0 radical (unpaired) electrons. The van der Waals surface area contributed by atoms with Crippen molar-refractivity contribution < 1.29 is 18.4 Å². The maximum absolute atomic E-state index is 13.9. The number of hydrogen-bond acceptors (Lipinski definition) is 3. The fourth-order valence-corrected chi connectivity index (χ4v) is 4.43. The number of nitrogens with zero attached hydrogens (tertiary/aromatic N) is 2. The molecule has 1 fully saturated rings. The molecule has 2 aromatic carbocycles. The molecule has 1 aromatic heterocycles. The number of pyridine rings is 1. The van der Waals surface area contributed by atoms with Gasteiger partial charge in [-0.25, -0.2) is 8.78 Å². The highest BCUT2D eigenvalue weighted by Gasteiger charge is 2.47. The summed E-state index contributed by atoms with van der Waals surface area (Å²) in [5.41, 5.74) is 2.12. The molecule has 1 N–H and O–H groups in total. The lowest BCUT2D eigenvalue weighted by Crippen LogP contribution is -2.44. The second-order valence-electron chi connectivity index (χ2n) is 8.57. The van der Waals surface area contributed by atoms with Gasteiger partial charge in [0.1, 0.15) is 0 Å². The topological polar surface area (TPSA) is 62.3 Å². The third kappa shape index (κ3) is 4.97. The number of carbonyl (C=O) groups is 2. The van der Waals surface area contributed by atoms with E-state index in [0.717, 1.165) is 16.3 Å². The van der Waals surface area contributed by atoms with E-state index >= 15 is 0 Å². The Balaban J connectivity index is 0.00000149. The second kappa shape index (κ2) is 9.81. The fourth-order valence-electron chi connectivity index (χ4n) is 4.43. The van der Waals surface area contributed by atoms with E-state index in [-0.39, 0.29) is 18.9 Å². The summed E-state index contributed by atoms with van der Waals surface area (Å²) in [7, 11) is 0. The number of hydrogen-bond donors (Lipinski definition) is 1. The van der Waals surface area contributed by atoms with E-state index in [1.54, 1.807) is 12.3 Å². The third-order valence-electron chi connectivity index (χ3n) is 6.00. The normalized spacial score (nSPS) is 17.2. The number of benzene rings is 2. The minimum absolute atomic E-state index is 0.0894. The van der Waals surface area contributed by atoms with Crippen LogP contribution in [-0.4, -0.2) is 46.8 Å². The van der Waals surface area contributed by atoms with Gasteiger partial charge in [-0.05, 0) is 35.9 Å². The van der Waals surface area contributed by atoms with Crippen LogP contribution in [0, 0.1) is 12.8 Å². The van der Waals surface area contributed by atoms with E-state index < -0.39 is 30.3 Å². The van der Waals surface area contributed by atoms with E-state index in [1.165, 1.54) is 4.90 Å². The van der Waals surface area contributed by atoms with Gasteiger partial charge in [-0.1, -0.05) is 52.0 Å². The van der Waals surface area contributed by atoms with Gasteiger partial charge in [-0.3, -0.25) is 14.6 Å². The van der Waals surface area contributed by atoms with Crippen LogP contribution < -0.4 is 5.32 Å². The van der Waals surface area contributed by atoms with Crippen molar-refractivity contribution >= 4 is 33.5 Å². The summed E-state index contributed by atoms with van der Waals surface area (Å²) >= 11 is 0. The number of aryl methyl sites for hydroxylation is 1. The van der Waals surface area contributed by atoms with Gasteiger partial charge in [0, 0.05) is 29.4 Å². The molecule has 176 valence electrons. The van der Waals surface area contributed by atoms with Crippen LogP contribution in [0.1, 0.15) is 50.0 Å². The minimum atomic E-state index is -2.89. The molecule has 1 unspecified atom stereocenters. The molecule has 1 atom stereocenters. The standard InChI is InChI=1S/C24H25F2N3O2.C2H6/c1-14(2)20-11-24(25,26)13-29(20)21(30)12-28-23(31)18-8-9-27-22-17-7-5-4-6-16(17)15(3)10-19(18)22;1-2/h4-10,14,20H,11-13H2,1-3H3,(H,28,31);1-2H3. The summed E-state index contributed by atoms with van der Waals surface area (Å²) in [5.74, 6) is -3.91. The second-order valence-corrected chi connectivity index (χ2v) is 8.57. The maximum atomic E-state index is 13.9. The summed E-state index contributed by atoms with van der Waals surface area (Å²) in [6, 6.07) is 10.8. The van der Waals surface area contributed by atoms with Crippen LogP contribution >= 0.6 is 0 Å². The summed E-state index contributed by atoms with van der Waals surface area (Å²) < 4.78 is 27.8. The highest BCUT2D eigenvalue weighted by Crippen LogP contribution is 2.35. The molecular weight excluding hydrogens is 424 g/mol. The highest BCUT2D eigenvalue weighted by molar-refractivity contribution is 6.14. The molecule has 1 saturated heterocycles. The molecule has 2 heterocycles. The van der Waals surface area contributed by atoms with Crippen molar-refractivity contribution in [2.75, 3.05) is 13.1 Å². The molecule has 1 aliphatic rings. The summed E-state index contributed by atoms with van der Waals surface area (Å²) in [6.07, 6.45) is 1.22. The van der Waals surface area contributed by atoms with Crippen molar-refractivity contribution in [1.82, 2.24) is 15.2 Å². The lowest BCUT2D eigenvalue weighted by atomic mass is 9.98. The van der Waals surface area contributed by atoms with Gasteiger partial charge >= 0.3 is 0 Å². The maximum Gasteiger partial charge on any atom is 0.267 e. The Morgan fingerprint density at radius 2 is 1.82 bits per heavy atom. The van der Waals surface area contributed by atoms with Crippen molar-refractivity contribution in [3.8, 4) is 0 Å². The van der Waals surface area contributed by atoms with E-state index in [9.17, 15) is 18.4 Å². The Morgan fingerprint density at radius 3 is 2.48 bits per heavy atom. The number of nitrogens with one attached hydrogen (secondary N) is 1. The predicted octanol–water partition coefficient (Wildman–Crippen LogP) is 5.34. The predicted molar refractivity (Wildman–Crippen MR) is 128 cm³/mol. The van der Waals surface area contributed by atoms with Crippen LogP contribution in [0.4, 0.5) is 8.78 Å². The zero-order valence-electron chi connectivity index (χ0n) is 19.8. The first-order valence-electron chi connectivity index (χ1n) is 11.4. The highest BCUT2D eigenvalue weighted by atomic mass is 19.3. The minimum Gasteiger partial charge on any atom is -0.343 e. The summed E-state index contributed by atoms with van der Waals surface area (Å²) in [4.78, 5) is 31.2. The molecule has 5 nitrogen and oxygen atoms in total. The van der Waals surface area contributed by atoms with E-state index in [2.05, 4.69) is 10.3 Å². The lowest BCUT2D eigenvalue weighted by molar-refractivity contribution is -0.132. The van der Waals surface area contributed by atoms with Gasteiger partial charge in [0.15, 0.2) is 0 Å². The van der Waals surface area contributed by atoms with E-state index in [1.807, 2.05) is 65.0 Å². The third-order valence-corrected chi connectivity index (χ3v) is 6.00. The smallest absolute Gasteiger partial charge is 0.267 e. The monoisotopic (exact) mass is 455 g/mol. The number of rotatable bonds is 4. The molecule has 0 aliphatic carbocycles. The van der Waals surface area contributed by atoms with Gasteiger partial charge in [0.25, 0.3) is 11.8 Å². The molecule has 4 rings (SSSR count). The molecule has 33 heavy (non-hydrogen) atoms. The van der Waals surface area contributed by atoms with Crippen molar-refractivity contribution in [3.05, 3.63) is 53.7 Å². The largest absolute Gasteiger partial charge is 0.343 e. The van der Waals surface area contributed by atoms with Gasteiger partial charge < -0.3 is 10.2 Å². The number of carbonyl (C=O) groups excluding carboxylic acids is 2. The Kier molecular flexibility index (Phi) is 7.30. The lowest BCUT2D eigenvalue weighted by Gasteiger charge is -2.26. The number of alkyl halides is 2. The number of likely N-dealkylation sites (tertiary alicyclic amines) is 1. The fraction of sp³-hybridized carbons (Fsp3) is 0.423. The van der Waals surface area contributed by atoms with Gasteiger partial charge in [-0.15, -0.1) is 0 Å². The van der Waals surface area contributed by atoms with E-state index in [4.69, 9.17) is 0 Å². The Bertz CT molecular complexity index is 1180. The molecular formula is C26H31F2N3O2. The zero-order chi connectivity index (χ0) is 24.3. The first kappa shape index (κ1) is 24.6. The van der Waals surface area contributed by atoms with Gasteiger partial charge in [-0.2, -0.15) is 0 Å². The molecule has 3 aromatic rings. The van der Waals surface area contributed by atoms with Gasteiger partial charge in [0.05, 0.1) is 24.2 Å². The van der Waals surface area contributed by atoms with Crippen molar-refractivity contribution in [2.45, 2.75) is 53.0 Å². The zero-order valence-corrected chi connectivity index (χ0v) is 19.8. The SMILES string of the molecule is CC.Cc1cc2c(C(=O)NCC(=O)N3CC(F)(F)CC3C(C)C)ccnc2c2ccccc12. The average molecular weight is 456 g/mol. The molecule has 1 aliphatic heterocycles. The van der Waals surface area contributed by atoms with Crippen molar-refractivity contribution in [3.63, 3.8) is 0 Å². The van der Waals surface area contributed by atoms with Gasteiger partial charge in [0.2, 0.25) is 5.91 Å². The molecule has 0 spiro atoms. The van der Waals surface area contributed by atoms with Crippen LogP contribution in [0.25, 0.3) is 21.7 Å². The van der Waals surface area contributed by atoms with Crippen molar-refractivity contribution in [2.24, 2.45) is 5.92 Å². The van der Waals surface area contributed by atoms with Crippen LogP contribution in [0.5, 0.6) is 0 Å². The first-order valence-corrected chi connectivity index (χ1v) is 11.4. The first-order chi connectivity index (χ1) is 15.7. The molecule has 2 amide bonds. The van der Waals surface area contributed by atoms with Crippen LogP contribution in [0.15, 0.2) is 42.6 Å². The number of aromatic nitrogens is 1. The Hall–Kier alpha value is -3.09. The van der Waals surface area contributed by atoms with Crippen molar-refractivity contribution in [1.29, 1.82) is 0 Å². The van der Waals surface area contributed by atoms with E-state index in [0.29, 0.717) is 16.5 Å². The Morgan fingerprint density at radius 1 is 1.15 bits per heavy atom. The van der Waals surface area contributed by atoms with Crippen LogP contribution in [0.3, 0.4) is 0 Å². The molecule has 7 heteroatoms. The van der Waals surface area contributed by atoms with Crippen LogP contribution in [0.2, 0.25) is 0 Å². The number of amides is 2. The Labute approximate surface area is 193 Å². The molecule has 0 saturated carbocycles. The van der Waals surface area contributed by atoms with Crippen LogP contribution in [-0.2, 0) is 4.79 Å². The number of halogens is 2. The number of fused-ring (bicyclic) bond motifs is 3. The summed E-state index contributed by atoms with van der Waals surface area (Å²) in [6.45, 7) is 8.68.